The number of benzene rings is 1. The highest BCUT2D eigenvalue weighted by Crippen LogP contribution is 2.35. The Morgan fingerprint density at radius 3 is 2.09 bits per heavy atom. The van der Waals surface area contributed by atoms with Gasteiger partial charge in [-0.05, 0) is 48.6 Å². The quantitative estimate of drug-likeness (QED) is 0.354. The monoisotopic (exact) mass is 677 g/mol. The summed E-state index contributed by atoms with van der Waals surface area (Å²) in [5, 5.41) is 14.2. The van der Waals surface area contributed by atoms with Crippen LogP contribution in [0.1, 0.15) is 30.1 Å². The smallest absolute Gasteiger partial charge is 0.475 e. The van der Waals surface area contributed by atoms with E-state index in [4.69, 9.17) is 29.5 Å². The highest BCUT2D eigenvalue weighted by atomic mass is 19.4. The number of piperazine rings is 1. The van der Waals surface area contributed by atoms with Gasteiger partial charge >= 0.3 is 24.3 Å². The van der Waals surface area contributed by atoms with Gasteiger partial charge in [-0.1, -0.05) is 18.2 Å². The maximum absolute atomic E-state index is 13.7. The summed E-state index contributed by atoms with van der Waals surface area (Å²) >= 11 is 0. The molecule has 10 nitrogen and oxygen atoms in total. The second-order valence-electron chi connectivity index (χ2n) is 11.3. The molecule has 0 radical (unpaired) electrons. The molecule has 17 heteroatoms. The molecule has 47 heavy (non-hydrogen) atoms. The third kappa shape index (κ3) is 10.5. The van der Waals surface area contributed by atoms with Gasteiger partial charge in [-0.3, -0.25) is 14.2 Å². The van der Waals surface area contributed by atoms with Gasteiger partial charge in [-0.25, -0.2) is 19.0 Å². The van der Waals surface area contributed by atoms with Crippen molar-refractivity contribution >= 4 is 23.4 Å². The van der Waals surface area contributed by atoms with Crippen LogP contribution in [0.2, 0.25) is 0 Å². The van der Waals surface area contributed by atoms with Gasteiger partial charge < -0.3 is 19.8 Å². The predicted molar refractivity (Wildman–Crippen MR) is 154 cm³/mol. The number of pyridine rings is 1. The molecular weight excluding hydrogens is 643 g/mol. The number of ether oxygens (including phenoxy) is 1. The van der Waals surface area contributed by atoms with Crippen molar-refractivity contribution in [1.82, 2.24) is 19.2 Å². The Labute approximate surface area is 264 Å². The van der Waals surface area contributed by atoms with E-state index < -0.39 is 24.3 Å². The molecule has 3 aliphatic rings. The molecule has 0 spiro atoms. The van der Waals surface area contributed by atoms with Gasteiger partial charge in [0.1, 0.15) is 17.3 Å². The largest absolute Gasteiger partial charge is 0.490 e. The van der Waals surface area contributed by atoms with E-state index in [1.807, 2.05) is 6.07 Å². The number of fused-ring (bicyclic) bond motifs is 1. The summed E-state index contributed by atoms with van der Waals surface area (Å²) in [6.45, 7) is 8.24. The number of halogens is 7. The van der Waals surface area contributed by atoms with E-state index in [0.717, 1.165) is 81.8 Å². The topological polar surface area (TPSA) is 111 Å². The summed E-state index contributed by atoms with van der Waals surface area (Å²) < 4.78 is 85.0. The SMILES string of the molecule is Fc1cccc(CN2CCN(CC3CC3)C(c3cn4c(N5CCOCC5)cccc4n3)C2)c1.O=C(O)C(F)(F)F.O=C(O)C(F)(F)F. The number of imidazole rings is 1. The maximum Gasteiger partial charge on any atom is 0.490 e. The van der Waals surface area contributed by atoms with Gasteiger partial charge in [0, 0.05) is 52.0 Å². The van der Waals surface area contributed by atoms with E-state index in [0.29, 0.717) is 0 Å². The molecule has 2 aliphatic heterocycles. The van der Waals surface area contributed by atoms with E-state index in [9.17, 15) is 30.7 Å². The van der Waals surface area contributed by atoms with Crippen molar-refractivity contribution in [3.63, 3.8) is 0 Å². The number of alkyl halides is 6. The number of hydrogen-bond acceptors (Lipinski definition) is 7. The molecule has 4 heterocycles. The van der Waals surface area contributed by atoms with Crippen LogP contribution in [-0.4, -0.2) is 106 Å². The molecule has 2 N–H and O–H groups in total. The van der Waals surface area contributed by atoms with Crippen molar-refractivity contribution in [2.75, 3.05) is 57.4 Å². The zero-order valence-corrected chi connectivity index (χ0v) is 25.1. The lowest BCUT2D eigenvalue weighted by molar-refractivity contribution is -0.193. The molecule has 1 unspecified atom stereocenters. The molecule has 3 fully saturated rings. The van der Waals surface area contributed by atoms with E-state index in [1.54, 1.807) is 12.1 Å². The second kappa shape index (κ2) is 15.3. The predicted octanol–water partition coefficient (Wildman–Crippen LogP) is 4.85. The highest BCUT2D eigenvalue weighted by molar-refractivity contribution is 5.73. The summed E-state index contributed by atoms with van der Waals surface area (Å²) in [7, 11) is 0. The summed E-state index contributed by atoms with van der Waals surface area (Å²) in [5.41, 5.74) is 3.18. The summed E-state index contributed by atoms with van der Waals surface area (Å²) in [4.78, 5) is 30.4. The van der Waals surface area contributed by atoms with Gasteiger partial charge in [0.25, 0.3) is 0 Å². The summed E-state index contributed by atoms with van der Waals surface area (Å²) in [6, 6.07) is 13.7. The van der Waals surface area contributed by atoms with Crippen molar-refractivity contribution < 1.29 is 55.3 Å². The second-order valence-corrected chi connectivity index (χ2v) is 11.3. The van der Waals surface area contributed by atoms with Crippen molar-refractivity contribution in [3.05, 3.63) is 65.7 Å². The molecule has 1 aliphatic carbocycles. The number of hydrogen-bond donors (Lipinski definition) is 2. The van der Waals surface area contributed by atoms with Crippen LogP contribution < -0.4 is 4.90 Å². The number of carboxylic acids is 2. The van der Waals surface area contributed by atoms with Crippen LogP contribution in [0.4, 0.5) is 36.6 Å². The van der Waals surface area contributed by atoms with Gasteiger partial charge in [-0.2, -0.15) is 26.3 Å². The third-order valence-corrected chi connectivity index (χ3v) is 7.71. The maximum atomic E-state index is 13.7. The average molecular weight is 678 g/mol. The minimum Gasteiger partial charge on any atom is -0.475 e. The Balaban J connectivity index is 0.000000301. The third-order valence-electron chi connectivity index (χ3n) is 7.71. The standard InChI is InChI=1S/C26H32FN5O.2C2HF3O2/c27-22-4-1-3-21(15-22)16-29-9-10-31(17-20-7-8-20)24(19-29)23-18-32-25(28-23)5-2-6-26(32)30-11-13-33-14-12-30;2*3-2(4,5)1(6)7/h1-6,15,18,20,24H,7-14,16-17,19H2;2*(H,6,7). The molecule has 2 aromatic heterocycles. The molecule has 2 saturated heterocycles. The first-order valence-electron chi connectivity index (χ1n) is 14.7. The Kier molecular flexibility index (Phi) is 11.7. The molecular formula is C30H34F7N5O5. The minimum atomic E-state index is -5.08. The molecule has 0 amide bonds. The Morgan fingerprint density at radius 2 is 1.51 bits per heavy atom. The van der Waals surface area contributed by atoms with Crippen LogP contribution in [0, 0.1) is 11.7 Å². The van der Waals surface area contributed by atoms with E-state index >= 15 is 0 Å². The van der Waals surface area contributed by atoms with Gasteiger partial charge in [-0.15, -0.1) is 0 Å². The van der Waals surface area contributed by atoms with Crippen molar-refractivity contribution in [1.29, 1.82) is 0 Å². The number of aliphatic carboxylic acids is 2. The van der Waals surface area contributed by atoms with Crippen LogP contribution in [0.15, 0.2) is 48.7 Å². The summed E-state index contributed by atoms with van der Waals surface area (Å²) in [5.74, 6) is -3.65. The van der Waals surface area contributed by atoms with Crippen LogP contribution >= 0.6 is 0 Å². The Bertz CT molecular complexity index is 1480. The Morgan fingerprint density at radius 1 is 0.894 bits per heavy atom. The molecule has 1 saturated carbocycles. The number of carbonyl (C=O) groups is 2. The van der Waals surface area contributed by atoms with Gasteiger partial charge in [0.15, 0.2) is 0 Å². The van der Waals surface area contributed by atoms with E-state index in [1.165, 1.54) is 24.7 Å². The lowest BCUT2D eigenvalue weighted by Crippen LogP contribution is -2.48. The van der Waals surface area contributed by atoms with Crippen LogP contribution in [0.3, 0.4) is 0 Å². The zero-order chi connectivity index (χ0) is 34.4. The number of aromatic nitrogens is 2. The lowest BCUT2D eigenvalue weighted by Gasteiger charge is -2.41. The van der Waals surface area contributed by atoms with Crippen LogP contribution in [0.25, 0.3) is 5.65 Å². The number of morpholine rings is 1. The molecule has 1 aromatic carbocycles. The average Bonchev–Trinajstić information content (AvgIpc) is 3.72. The fourth-order valence-corrected chi connectivity index (χ4v) is 5.27. The fraction of sp³-hybridized carbons (Fsp3) is 0.500. The van der Waals surface area contributed by atoms with Crippen molar-refractivity contribution in [3.8, 4) is 0 Å². The first kappa shape index (κ1) is 35.9. The number of nitrogens with zero attached hydrogens (tertiary/aromatic N) is 5. The molecule has 1 atom stereocenters. The number of anilines is 1. The lowest BCUT2D eigenvalue weighted by atomic mass is 10.1. The molecule has 258 valence electrons. The van der Waals surface area contributed by atoms with Crippen LogP contribution in [0.5, 0.6) is 0 Å². The zero-order valence-electron chi connectivity index (χ0n) is 25.1. The molecule has 3 aromatic rings. The first-order chi connectivity index (χ1) is 22.1. The van der Waals surface area contributed by atoms with Crippen LogP contribution in [-0.2, 0) is 20.9 Å². The fourth-order valence-electron chi connectivity index (χ4n) is 5.27. The molecule has 0 bridgehead atoms. The molecule has 6 rings (SSSR count). The van der Waals surface area contributed by atoms with Crippen molar-refractivity contribution in [2.45, 2.75) is 37.8 Å². The normalized spacial score (nSPS) is 19.4. The van der Waals surface area contributed by atoms with E-state index in [-0.39, 0.29) is 11.9 Å². The summed E-state index contributed by atoms with van der Waals surface area (Å²) in [6.07, 6.45) is -5.22. The van der Waals surface area contributed by atoms with E-state index in [2.05, 4.69) is 43.5 Å². The highest BCUT2D eigenvalue weighted by Gasteiger charge is 2.39. The first-order valence-corrected chi connectivity index (χ1v) is 14.7. The van der Waals surface area contributed by atoms with Gasteiger partial charge in [0.05, 0.1) is 24.9 Å². The Hall–Kier alpha value is -3.96. The minimum absolute atomic E-state index is 0.160. The van der Waals surface area contributed by atoms with Gasteiger partial charge in [0.2, 0.25) is 0 Å². The number of rotatable bonds is 6. The van der Waals surface area contributed by atoms with Crippen molar-refractivity contribution in [2.24, 2.45) is 5.92 Å². The number of carboxylic acid groups (broad SMARTS) is 2.